The van der Waals surface area contributed by atoms with E-state index >= 15 is 0 Å². The van der Waals surface area contributed by atoms with Crippen LogP contribution in [0.3, 0.4) is 0 Å². The van der Waals surface area contributed by atoms with Crippen LogP contribution in [-0.2, 0) is 10.1 Å². The predicted molar refractivity (Wildman–Crippen MR) is 171 cm³/mol. The quantitative estimate of drug-likeness (QED) is 0.124. The number of allylic oxidation sites excluding steroid dienone is 2. The van der Waals surface area contributed by atoms with Crippen molar-refractivity contribution >= 4 is 43.6 Å². The number of anilines is 1. The third kappa shape index (κ3) is 5.61. The van der Waals surface area contributed by atoms with Gasteiger partial charge in [0.05, 0.1) is 23.3 Å². The minimum absolute atomic E-state index is 0.0681. The molecule has 214 valence electrons. The SMILES string of the molecule is COc1cc(C=Nc2ccc([C@@H]3Nc4ccc(C)cc4[C@@H]4C=CC[C@H]43)cc2)cc(Br)c1OS(=O)(=O)c1ccc(C)cc1. The Kier molecular flexibility index (Phi) is 7.68. The van der Waals surface area contributed by atoms with Crippen molar-refractivity contribution in [3.8, 4) is 11.5 Å². The summed E-state index contributed by atoms with van der Waals surface area (Å²) in [5.41, 5.74) is 7.61. The van der Waals surface area contributed by atoms with Crippen molar-refractivity contribution in [2.75, 3.05) is 12.4 Å². The number of fused-ring (bicyclic) bond motifs is 3. The number of rotatable bonds is 7. The Morgan fingerprint density at radius 1 is 0.952 bits per heavy atom. The second-order valence-corrected chi connectivity index (χ2v) is 13.2. The first-order chi connectivity index (χ1) is 20.2. The van der Waals surface area contributed by atoms with E-state index in [-0.39, 0.29) is 22.4 Å². The fourth-order valence-corrected chi connectivity index (χ4v) is 7.32. The summed E-state index contributed by atoms with van der Waals surface area (Å²) in [6.45, 7) is 4.04. The number of hydrogen-bond acceptors (Lipinski definition) is 6. The molecule has 3 atom stereocenters. The third-order valence-corrected chi connectivity index (χ3v) is 9.71. The van der Waals surface area contributed by atoms with Crippen LogP contribution < -0.4 is 14.2 Å². The molecule has 4 aromatic carbocycles. The molecule has 6 nitrogen and oxygen atoms in total. The highest BCUT2D eigenvalue weighted by Crippen LogP contribution is 2.50. The summed E-state index contributed by atoms with van der Waals surface area (Å²) in [7, 11) is -2.58. The molecule has 0 amide bonds. The van der Waals surface area contributed by atoms with Crippen molar-refractivity contribution in [3.63, 3.8) is 0 Å². The molecule has 1 aliphatic heterocycles. The van der Waals surface area contributed by atoms with Crippen molar-refractivity contribution in [2.45, 2.75) is 37.1 Å². The van der Waals surface area contributed by atoms with Crippen LogP contribution in [0.15, 0.2) is 105 Å². The van der Waals surface area contributed by atoms with Gasteiger partial charge in [-0.3, -0.25) is 4.99 Å². The summed E-state index contributed by atoms with van der Waals surface area (Å²) in [6.07, 6.45) is 7.43. The number of nitrogens with zero attached hydrogens (tertiary/aromatic N) is 1. The van der Waals surface area contributed by atoms with Gasteiger partial charge >= 0.3 is 10.1 Å². The molecule has 4 aromatic rings. The molecular formula is C34H31BrN2O4S. The minimum Gasteiger partial charge on any atom is -0.493 e. The van der Waals surface area contributed by atoms with Gasteiger partial charge < -0.3 is 14.2 Å². The van der Waals surface area contributed by atoms with E-state index in [0.29, 0.717) is 16.3 Å². The number of aryl methyl sites for hydroxylation is 2. The molecule has 0 saturated heterocycles. The lowest BCUT2D eigenvalue weighted by Crippen LogP contribution is -2.29. The van der Waals surface area contributed by atoms with Gasteiger partial charge in [0.1, 0.15) is 4.90 Å². The Morgan fingerprint density at radius 3 is 2.43 bits per heavy atom. The predicted octanol–water partition coefficient (Wildman–Crippen LogP) is 8.42. The van der Waals surface area contributed by atoms with Gasteiger partial charge in [-0.25, -0.2) is 0 Å². The molecule has 0 radical (unpaired) electrons. The van der Waals surface area contributed by atoms with Crippen LogP contribution in [0.1, 0.15) is 46.2 Å². The molecule has 6 rings (SSSR count). The van der Waals surface area contributed by atoms with Crippen molar-refractivity contribution in [1.29, 1.82) is 0 Å². The van der Waals surface area contributed by atoms with Crippen molar-refractivity contribution < 1.29 is 17.3 Å². The van der Waals surface area contributed by atoms with Gasteiger partial charge in [0.15, 0.2) is 11.5 Å². The highest BCUT2D eigenvalue weighted by molar-refractivity contribution is 9.10. The van der Waals surface area contributed by atoms with Gasteiger partial charge in [-0.2, -0.15) is 8.42 Å². The van der Waals surface area contributed by atoms with Gasteiger partial charge in [0.25, 0.3) is 0 Å². The van der Waals surface area contributed by atoms with Gasteiger partial charge in [0, 0.05) is 17.8 Å². The highest BCUT2D eigenvalue weighted by Gasteiger charge is 2.37. The highest BCUT2D eigenvalue weighted by atomic mass is 79.9. The van der Waals surface area contributed by atoms with E-state index in [9.17, 15) is 8.42 Å². The molecule has 8 heteroatoms. The largest absolute Gasteiger partial charge is 0.493 e. The van der Waals surface area contributed by atoms with E-state index in [1.165, 1.54) is 41.6 Å². The molecule has 0 unspecified atom stereocenters. The first-order valence-corrected chi connectivity index (χ1v) is 16.0. The van der Waals surface area contributed by atoms with Gasteiger partial charge in [0.2, 0.25) is 0 Å². The van der Waals surface area contributed by atoms with Crippen LogP contribution in [0.25, 0.3) is 0 Å². The summed E-state index contributed by atoms with van der Waals surface area (Å²) in [5, 5.41) is 3.79. The number of halogens is 1. The maximum atomic E-state index is 12.9. The normalized spacial score (nSPS) is 19.3. The van der Waals surface area contributed by atoms with E-state index < -0.39 is 10.1 Å². The first-order valence-electron chi connectivity index (χ1n) is 13.8. The van der Waals surface area contributed by atoms with Crippen LogP contribution in [-0.4, -0.2) is 21.7 Å². The van der Waals surface area contributed by atoms with E-state index in [4.69, 9.17) is 8.92 Å². The van der Waals surface area contributed by atoms with Crippen LogP contribution in [0.2, 0.25) is 0 Å². The van der Waals surface area contributed by atoms with E-state index in [2.05, 4.69) is 75.6 Å². The minimum atomic E-state index is -4.04. The second-order valence-electron chi connectivity index (χ2n) is 10.8. The Morgan fingerprint density at radius 2 is 1.69 bits per heavy atom. The number of methoxy groups -OCH3 is 1. The molecule has 1 N–H and O–H groups in total. The lowest BCUT2D eigenvalue weighted by atomic mass is 9.76. The van der Waals surface area contributed by atoms with Crippen LogP contribution in [0.5, 0.6) is 11.5 Å². The molecule has 2 aliphatic rings. The molecule has 0 spiro atoms. The number of nitrogens with one attached hydrogen (secondary N) is 1. The molecule has 42 heavy (non-hydrogen) atoms. The lowest BCUT2D eigenvalue weighted by molar-refractivity contribution is 0.389. The Balaban J connectivity index is 1.20. The molecular weight excluding hydrogens is 612 g/mol. The fraction of sp³-hybridized carbons (Fsp3) is 0.206. The zero-order valence-corrected chi connectivity index (χ0v) is 25.9. The van der Waals surface area contributed by atoms with Crippen molar-refractivity contribution in [1.82, 2.24) is 0 Å². The molecule has 0 saturated carbocycles. The van der Waals surface area contributed by atoms with Crippen LogP contribution >= 0.6 is 15.9 Å². The fourth-order valence-electron chi connectivity index (χ4n) is 5.72. The third-order valence-electron chi connectivity index (χ3n) is 7.89. The first kappa shape index (κ1) is 28.2. The maximum Gasteiger partial charge on any atom is 0.339 e. The summed E-state index contributed by atoms with van der Waals surface area (Å²) < 4.78 is 37.1. The Hall–Kier alpha value is -3.88. The number of ether oxygens (including phenoxy) is 1. The van der Waals surface area contributed by atoms with E-state index in [0.717, 1.165) is 23.2 Å². The van der Waals surface area contributed by atoms with E-state index in [1.54, 1.807) is 30.5 Å². The summed E-state index contributed by atoms with van der Waals surface area (Å²) in [6, 6.07) is 25.1. The summed E-state index contributed by atoms with van der Waals surface area (Å²) in [5.74, 6) is 1.26. The van der Waals surface area contributed by atoms with E-state index in [1.807, 2.05) is 19.1 Å². The Bertz CT molecular complexity index is 1800. The molecule has 0 aromatic heterocycles. The van der Waals surface area contributed by atoms with Gasteiger partial charge in [-0.05, 0) is 101 Å². The number of hydrogen-bond donors (Lipinski definition) is 1. The topological polar surface area (TPSA) is 77.0 Å². The van der Waals surface area contributed by atoms with Crippen LogP contribution in [0, 0.1) is 19.8 Å². The average molecular weight is 644 g/mol. The van der Waals surface area contributed by atoms with Crippen molar-refractivity contribution in [3.05, 3.63) is 123 Å². The summed E-state index contributed by atoms with van der Waals surface area (Å²) in [4.78, 5) is 4.73. The Labute approximate surface area is 255 Å². The zero-order valence-electron chi connectivity index (χ0n) is 23.5. The molecule has 1 aliphatic carbocycles. The zero-order chi connectivity index (χ0) is 29.4. The smallest absolute Gasteiger partial charge is 0.339 e. The standard InChI is InChI=1S/C34H31BrN2O4S/c1-21-7-14-26(15-8-21)42(38,39)41-34-30(35)18-23(19-32(34)40-3)20-36-25-12-10-24(11-13-25)33-28-6-4-5-27(28)29-17-22(2)9-16-31(29)37-33/h4-5,7-20,27-28,33,37H,6H2,1-3H3/t27-,28-,33+/m1/s1. The maximum absolute atomic E-state index is 12.9. The van der Waals surface area contributed by atoms with Crippen LogP contribution in [0.4, 0.5) is 11.4 Å². The number of aliphatic imine (C=N–C) groups is 1. The average Bonchev–Trinajstić information content (AvgIpc) is 3.48. The molecule has 0 bridgehead atoms. The van der Waals surface area contributed by atoms with Gasteiger partial charge in [-0.1, -0.05) is 59.7 Å². The molecule has 1 heterocycles. The monoisotopic (exact) mass is 642 g/mol. The molecule has 0 fully saturated rings. The summed E-state index contributed by atoms with van der Waals surface area (Å²) >= 11 is 3.45. The second kappa shape index (κ2) is 11.4. The lowest BCUT2D eigenvalue weighted by Gasteiger charge is -2.37. The van der Waals surface area contributed by atoms with Gasteiger partial charge in [-0.15, -0.1) is 0 Å². The van der Waals surface area contributed by atoms with Crippen molar-refractivity contribution in [2.24, 2.45) is 10.9 Å². The number of benzene rings is 4.